The van der Waals surface area contributed by atoms with Gasteiger partial charge in [-0.3, -0.25) is 0 Å². The maximum atomic E-state index is 14.2. The highest BCUT2D eigenvalue weighted by Crippen LogP contribution is 2.33. The number of fused-ring (bicyclic) bond motifs is 2. The van der Waals surface area contributed by atoms with Gasteiger partial charge in [-0.25, -0.2) is 19.0 Å². The van der Waals surface area contributed by atoms with Crippen molar-refractivity contribution in [3.8, 4) is 22.5 Å². The molecule has 0 atom stereocenters. The second kappa shape index (κ2) is 5.41. The standard InChI is InChI=1S/C18H12FN7/c1-10-5-6-12-13(3-2-4-15(12)19)16(10)11-7-20-18-14(8-21-26(18)9-11)17-22-24-25-23-17/h2-9H,1H3,(H,22,23,24,25). The van der Waals surface area contributed by atoms with Gasteiger partial charge in [-0.05, 0) is 39.9 Å². The summed E-state index contributed by atoms with van der Waals surface area (Å²) < 4.78 is 15.8. The maximum absolute atomic E-state index is 14.2. The molecule has 0 amide bonds. The van der Waals surface area contributed by atoms with E-state index in [2.05, 4.69) is 30.7 Å². The van der Waals surface area contributed by atoms with Crippen molar-refractivity contribution in [1.29, 1.82) is 0 Å². The highest BCUT2D eigenvalue weighted by molar-refractivity contribution is 5.98. The first kappa shape index (κ1) is 14.6. The zero-order valence-corrected chi connectivity index (χ0v) is 13.7. The number of halogens is 1. The molecule has 3 heterocycles. The number of hydrogen-bond acceptors (Lipinski definition) is 5. The second-order valence-electron chi connectivity index (χ2n) is 6.01. The van der Waals surface area contributed by atoms with E-state index in [1.165, 1.54) is 6.07 Å². The minimum Gasteiger partial charge on any atom is -0.239 e. The number of benzene rings is 2. The Labute approximate surface area is 146 Å². The predicted octanol–water partition coefficient (Wildman–Crippen LogP) is 3.18. The highest BCUT2D eigenvalue weighted by atomic mass is 19.1. The van der Waals surface area contributed by atoms with Crippen LogP contribution in [0.4, 0.5) is 4.39 Å². The molecule has 0 saturated carbocycles. The van der Waals surface area contributed by atoms with E-state index in [-0.39, 0.29) is 5.82 Å². The van der Waals surface area contributed by atoms with Gasteiger partial charge < -0.3 is 0 Å². The average molecular weight is 345 g/mol. The van der Waals surface area contributed by atoms with E-state index in [4.69, 9.17) is 0 Å². The number of nitrogens with one attached hydrogen (secondary N) is 1. The van der Waals surface area contributed by atoms with E-state index in [1.54, 1.807) is 29.0 Å². The van der Waals surface area contributed by atoms with Crippen LogP contribution in [0.15, 0.2) is 48.9 Å². The first-order valence-electron chi connectivity index (χ1n) is 7.98. The molecule has 3 aromatic heterocycles. The maximum Gasteiger partial charge on any atom is 0.184 e. The van der Waals surface area contributed by atoms with Gasteiger partial charge in [0, 0.05) is 23.3 Å². The van der Waals surface area contributed by atoms with E-state index in [9.17, 15) is 4.39 Å². The van der Waals surface area contributed by atoms with Gasteiger partial charge in [0.15, 0.2) is 11.5 Å². The van der Waals surface area contributed by atoms with Crippen LogP contribution in [0.3, 0.4) is 0 Å². The fourth-order valence-electron chi connectivity index (χ4n) is 3.26. The van der Waals surface area contributed by atoms with Crippen molar-refractivity contribution in [3.05, 3.63) is 60.3 Å². The van der Waals surface area contributed by atoms with E-state index in [1.807, 2.05) is 25.3 Å². The average Bonchev–Trinajstić information content (AvgIpc) is 3.30. The zero-order chi connectivity index (χ0) is 17.7. The Balaban J connectivity index is 1.75. The monoisotopic (exact) mass is 345 g/mol. The number of H-pyrrole nitrogens is 1. The third-order valence-electron chi connectivity index (χ3n) is 4.46. The molecule has 0 saturated heterocycles. The lowest BCUT2D eigenvalue weighted by atomic mass is 9.95. The minimum absolute atomic E-state index is 0.239. The lowest BCUT2D eigenvalue weighted by Crippen LogP contribution is -1.95. The molecular weight excluding hydrogens is 333 g/mol. The smallest absolute Gasteiger partial charge is 0.184 e. The van der Waals surface area contributed by atoms with Crippen LogP contribution in [0, 0.1) is 12.7 Å². The number of hydrogen-bond donors (Lipinski definition) is 1. The fourth-order valence-corrected chi connectivity index (χ4v) is 3.26. The fraction of sp³-hybridized carbons (Fsp3) is 0.0556. The molecule has 0 aliphatic rings. The molecule has 0 bridgehead atoms. The van der Waals surface area contributed by atoms with Crippen LogP contribution in [-0.2, 0) is 0 Å². The Morgan fingerprint density at radius 1 is 1.08 bits per heavy atom. The van der Waals surface area contributed by atoms with E-state index < -0.39 is 0 Å². The van der Waals surface area contributed by atoms with Gasteiger partial charge in [0.25, 0.3) is 0 Å². The first-order chi connectivity index (χ1) is 12.7. The summed E-state index contributed by atoms with van der Waals surface area (Å²) in [6.45, 7) is 2.00. The molecule has 5 rings (SSSR count). The summed E-state index contributed by atoms with van der Waals surface area (Å²) in [6, 6.07) is 8.82. The molecule has 0 fully saturated rings. The van der Waals surface area contributed by atoms with Gasteiger partial charge >= 0.3 is 0 Å². The molecule has 0 aliphatic carbocycles. The zero-order valence-electron chi connectivity index (χ0n) is 13.7. The third kappa shape index (κ3) is 2.08. The number of rotatable bonds is 2. The van der Waals surface area contributed by atoms with E-state index in [0.717, 1.165) is 22.1 Å². The van der Waals surface area contributed by atoms with Gasteiger partial charge in [-0.15, -0.1) is 5.10 Å². The Hall–Kier alpha value is -3.68. The molecule has 0 radical (unpaired) electrons. The minimum atomic E-state index is -0.239. The van der Waals surface area contributed by atoms with Crippen LogP contribution in [-0.4, -0.2) is 35.2 Å². The molecule has 2 aromatic carbocycles. The lowest BCUT2D eigenvalue weighted by Gasteiger charge is -2.11. The summed E-state index contributed by atoms with van der Waals surface area (Å²) in [4.78, 5) is 4.53. The molecule has 126 valence electrons. The van der Waals surface area contributed by atoms with E-state index in [0.29, 0.717) is 22.4 Å². The summed E-state index contributed by atoms with van der Waals surface area (Å²) in [5.41, 5.74) is 4.18. The quantitative estimate of drug-likeness (QED) is 0.531. The molecule has 0 unspecified atom stereocenters. The second-order valence-corrected chi connectivity index (χ2v) is 6.01. The van der Waals surface area contributed by atoms with Crippen molar-refractivity contribution < 1.29 is 4.39 Å². The van der Waals surface area contributed by atoms with Gasteiger partial charge in [-0.2, -0.15) is 5.10 Å². The summed E-state index contributed by atoms with van der Waals surface area (Å²) >= 11 is 0. The molecule has 5 aromatic rings. The van der Waals surface area contributed by atoms with Crippen LogP contribution in [0.1, 0.15) is 5.56 Å². The lowest BCUT2D eigenvalue weighted by molar-refractivity contribution is 0.640. The topological polar surface area (TPSA) is 84.6 Å². The van der Waals surface area contributed by atoms with Crippen molar-refractivity contribution in [2.45, 2.75) is 6.92 Å². The van der Waals surface area contributed by atoms with Crippen molar-refractivity contribution in [1.82, 2.24) is 35.2 Å². The van der Waals surface area contributed by atoms with Gasteiger partial charge in [0.2, 0.25) is 0 Å². The number of nitrogens with zero attached hydrogens (tertiary/aromatic N) is 6. The van der Waals surface area contributed by atoms with Crippen molar-refractivity contribution >= 4 is 16.4 Å². The molecule has 8 heteroatoms. The molecule has 7 nitrogen and oxygen atoms in total. The summed E-state index contributed by atoms with van der Waals surface area (Å²) in [6.07, 6.45) is 5.29. The highest BCUT2D eigenvalue weighted by Gasteiger charge is 2.14. The normalized spacial score (nSPS) is 11.5. The van der Waals surface area contributed by atoms with Crippen molar-refractivity contribution in [3.63, 3.8) is 0 Å². The number of aromatic nitrogens is 7. The Morgan fingerprint density at radius 3 is 2.85 bits per heavy atom. The Kier molecular flexibility index (Phi) is 3.05. The van der Waals surface area contributed by atoms with Crippen LogP contribution in [0.25, 0.3) is 38.9 Å². The van der Waals surface area contributed by atoms with Crippen LogP contribution < -0.4 is 0 Å². The largest absolute Gasteiger partial charge is 0.239 e. The summed E-state index contributed by atoms with van der Waals surface area (Å²) in [5.74, 6) is 0.264. The molecule has 1 N–H and O–H groups in total. The van der Waals surface area contributed by atoms with Crippen LogP contribution >= 0.6 is 0 Å². The Bertz CT molecular complexity index is 1260. The van der Waals surface area contributed by atoms with Gasteiger partial charge in [0.05, 0.1) is 11.8 Å². The molecule has 26 heavy (non-hydrogen) atoms. The van der Waals surface area contributed by atoms with Gasteiger partial charge in [0.1, 0.15) is 5.82 Å². The molecular formula is C18H12FN7. The number of aryl methyl sites for hydroxylation is 1. The predicted molar refractivity (Wildman–Crippen MR) is 93.8 cm³/mol. The van der Waals surface area contributed by atoms with Crippen LogP contribution in [0.5, 0.6) is 0 Å². The molecule has 0 aliphatic heterocycles. The third-order valence-corrected chi connectivity index (χ3v) is 4.46. The molecule has 0 spiro atoms. The van der Waals surface area contributed by atoms with Crippen molar-refractivity contribution in [2.24, 2.45) is 0 Å². The number of aromatic amines is 1. The number of tetrazole rings is 1. The first-order valence-corrected chi connectivity index (χ1v) is 7.98. The summed E-state index contributed by atoms with van der Waals surface area (Å²) in [5, 5.41) is 19.6. The van der Waals surface area contributed by atoms with Crippen LogP contribution in [0.2, 0.25) is 0 Å². The van der Waals surface area contributed by atoms with Gasteiger partial charge in [-0.1, -0.05) is 24.3 Å². The SMILES string of the molecule is Cc1ccc2c(F)cccc2c1-c1cnc2c(-c3nnn[nH]3)cnn2c1. The Morgan fingerprint density at radius 2 is 2.00 bits per heavy atom. The van der Waals surface area contributed by atoms with Crippen molar-refractivity contribution in [2.75, 3.05) is 0 Å². The van der Waals surface area contributed by atoms with E-state index >= 15 is 0 Å². The summed E-state index contributed by atoms with van der Waals surface area (Å²) in [7, 11) is 0.